The van der Waals surface area contributed by atoms with Crippen molar-refractivity contribution in [2.45, 2.75) is 333 Å². The van der Waals surface area contributed by atoms with E-state index in [-0.39, 0.29) is 92.7 Å². The first kappa shape index (κ1) is 131. The Morgan fingerprint density at radius 3 is 1.12 bits per heavy atom. The summed E-state index contributed by atoms with van der Waals surface area (Å²) in [7, 11) is 0. The van der Waals surface area contributed by atoms with Crippen LogP contribution in [-0.4, -0.2) is 273 Å². The van der Waals surface area contributed by atoms with E-state index in [4.69, 9.17) is 68.4 Å². The number of hydrogen-bond acceptors (Lipinski definition) is 28. The second-order valence-corrected chi connectivity index (χ2v) is 43.5. The first-order valence-electron chi connectivity index (χ1n) is 48.8. The molecule has 5 saturated heterocycles. The molecule has 34 nitrogen and oxygen atoms in total. The Hall–Kier alpha value is -6.40. The number of halogens is 1. The number of piperidine rings is 3. The molecule has 3 aliphatic carbocycles. The number of carbonyl (C=O) groups is 8. The maximum atomic E-state index is 13.8. The number of aliphatic imine (C=N–C) groups is 3. The molecule has 40 heteroatoms. The summed E-state index contributed by atoms with van der Waals surface area (Å²) in [5, 5.41) is 62.8. The fourth-order valence-corrected chi connectivity index (χ4v) is 16.1. The summed E-state index contributed by atoms with van der Waals surface area (Å²) in [5.41, 5.74) is 2.52. The van der Waals surface area contributed by atoms with Crippen LogP contribution in [0, 0.1) is 78.8 Å². The molecule has 7 amide bonds. The standard InChI is InChI=1S/C29H50N6O4.C25H43N5O3S.C18H32N4O.2C7H11NO2S.C6H11ClO2.C4H9NO.CNS.Na/c1-5-13-34-14-11-29(21-30,12-15-34)33-25(36)24(20-23-9-7-6-8-10-23)31-26(35-16-18-38-19-17-35)32-27(37)39-22-28(2,3)4;1-5-13-30-14-11-25(17-26,12-15-30)29-21(31)20(16-19-9-7-6-8-10-19)27-22(34)28-23(32)33-18-24(2,3)4;1-2-10-22-11-8-18(14-19,9-12-22)21-17(23)16(20)13-15-6-4-3-5-7-15;2*1-7(2,3)4-10-6(9)8-5-11;1-6(2,3)4-9-5(7)8;1-3-6-4-2-5-1;2-1-3;/h23-24H,5-20,22H2,1-4H3,(H,33,36)(H,31,32,37);19-20H,5-16,18H2,1-4H3,(H,29,31)(H2,27,28,32,34);15-16H,2-13,20H2,1H3,(H,21,23);2*4H2,1-3H3;4H2,1-3H3;5H,1-4H2;;/q;;;;;;;-1;+1. The number of amides is 7. The molecule has 5 heterocycles. The van der Waals surface area contributed by atoms with Gasteiger partial charge >= 0.3 is 59.4 Å². The van der Waals surface area contributed by atoms with Crippen molar-refractivity contribution in [1.82, 2.24) is 56.8 Å². The predicted octanol–water partition coefficient (Wildman–Crippen LogP) is 13.9. The Kier molecular flexibility index (Phi) is 67.8. The van der Waals surface area contributed by atoms with Crippen molar-refractivity contribution in [3.05, 3.63) is 5.41 Å². The number of guanidine groups is 1. The molecule has 0 radical (unpaired) electrons. The van der Waals surface area contributed by atoms with Crippen LogP contribution in [0.3, 0.4) is 0 Å². The minimum absolute atomic E-state index is 0. The van der Waals surface area contributed by atoms with Crippen LogP contribution in [0.25, 0.3) is 5.41 Å². The van der Waals surface area contributed by atoms with Gasteiger partial charge in [0, 0.05) is 77.0 Å². The molecule has 0 bridgehead atoms. The van der Waals surface area contributed by atoms with Gasteiger partial charge in [0.15, 0.2) is 5.11 Å². The first-order valence-corrected chi connectivity index (χ1v) is 50.8. The van der Waals surface area contributed by atoms with Crippen LogP contribution in [0.15, 0.2) is 15.0 Å². The van der Waals surface area contributed by atoms with Gasteiger partial charge in [0.25, 0.3) is 0 Å². The maximum absolute atomic E-state index is 13.8. The smallest absolute Gasteiger partial charge is 0.753 e. The summed E-state index contributed by atoms with van der Waals surface area (Å²) in [5.74, 6) is 1.12. The number of nitrogens with zero attached hydrogens (tertiary/aromatic N) is 11. The predicted molar refractivity (Wildman–Crippen MR) is 548 cm³/mol. The zero-order valence-corrected chi connectivity index (χ0v) is 92.3. The van der Waals surface area contributed by atoms with Crippen LogP contribution in [-0.2, 0) is 47.5 Å². The van der Waals surface area contributed by atoms with Crippen molar-refractivity contribution in [1.29, 1.82) is 15.8 Å². The molecule has 5 aliphatic heterocycles. The molecule has 8 fully saturated rings. The van der Waals surface area contributed by atoms with Gasteiger partial charge in [0.1, 0.15) is 28.7 Å². The number of morpholine rings is 2. The Morgan fingerprint density at radius 1 is 0.482 bits per heavy atom. The Balaban J connectivity index is 0.00000170. The van der Waals surface area contributed by atoms with E-state index < -0.39 is 64.5 Å². The second-order valence-electron chi connectivity index (χ2n) is 42.2. The van der Waals surface area contributed by atoms with Gasteiger partial charge in [-0.3, -0.25) is 25.0 Å². The van der Waals surface area contributed by atoms with E-state index in [0.29, 0.717) is 121 Å². The van der Waals surface area contributed by atoms with Crippen molar-refractivity contribution in [3.8, 4) is 18.2 Å². The van der Waals surface area contributed by atoms with Gasteiger partial charge in [-0.1, -0.05) is 233 Å². The topological polar surface area (TPSA) is 455 Å². The molecule has 3 saturated carbocycles. The number of alkyl carbamates (subject to hydrolysis) is 2. The van der Waals surface area contributed by atoms with Crippen LogP contribution in [0.1, 0.15) is 298 Å². The van der Waals surface area contributed by atoms with E-state index in [2.05, 4.69) is 142 Å². The fraction of sp³-hybridized carbons (Fsp3) is 0.835. The van der Waals surface area contributed by atoms with Crippen molar-refractivity contribution >= 4 is 135 Å². The van der Waals surface area contributed by atoms with Crippen molar-refractivity contribution in [3.63, 3.8) is 0 Å². The van der Waals surface area contributed by atoms with Gasteiger partial charge in [-0.15, -0.1) is 9.98 Å². The van der Waals surface area contributed by atoms with E-state index in [1.165, 1.54) is 50.1 Å². The summed E-state index contributed by atoms with van der Waals surface area (Å²) >= 11 is 22.4. The summed E-state index contributed by atoms with van der Waals surface area (Å²) in [6, 6.07) is 5.37. The average Bonchev–Trinajstić information content (AvgIpc) is 0.819. The zero-order chi connectivity index (χ0) is 102. The number of isothiocyanates is 3. The van der Waals surface area contributed by atoms with Gasteiger partial charge in [-0.05, 0) is 178 Å². The molecule has 3 atom stereocenters. The van der Waals surface area contributed by atoms with Crippen LogP contribution < -0.4 is 72.5 Å². The number of thiocarbonyl (C=S) groups is 4. The van der Waals surface area contributed by atoms with E-state index in [0.717, 1.165) is 162 Å². The third kappa shape index (κ3) is 64.7. The van der Waals surface area contributed by atoms with Crippen molar-refractivity contribution in [2.24, 2.45) is 65.5 Å². The number of ether oxygens (including phenoxy) is 7. The Bertz CT molecular complexity index is 3770. The van der Waals surface area contributed by atoms with Gasteiger partial charge in [-0.2, -0.15) is 20.9 Å². The van der Waals surface area contributed by atoms with Crippen LogP contribution in [0.2, 0.25) is 0 Å². The van der Waals surface area contributed by atoms with Gasteiger partial charge in [0.05, 0.1) is 94.0 Å². The normalized spacial score (nSPS) is 18.7. The molecular formula is C97H167ClN19NaO15S4. The van der Waals surface area contributed by atoms with Crippen molar-refractivity contribution < 1.29 is 101 Å². The molecule has 3 unspecified atom stereocenters. The zero-order valence-electron chi connectivity index (χ0n) is 86.2. The molecule has 0 aromatic rings. The molecular weight excluding hydrogens is 1860 g/mol. The average molecular weight is 2030 g/mol. The minimum atomic E-state index is -0.889. The molecule has 0 aromatic carbocycles. The van der Waals surface area contributed by atoms with E-state index in [9.17, 15) is 54.1 Å². The number of nitriles is 3. The monoisotopic (exact) mass is 2020 g/mol. The van der Waals surface area contributed by atoms with E-state index >= 15 is 0 Å². The summed E-state index contributed by atoms with van der Waals surface area (Å²) in [6.45, 7) is 51.6. The molecule has 137 heavy (non-hydrogen) atoms. The van der Waals surface area contributed by atoms with E-state index in [1.54, 1.807) is 0 Å². The van der Waals surface area contributed by atoms with Crippen molar-refractivity contribution in [2.75, 3.05) is 145 Å². The molecule has 772 valence electrons. The van der Waals surface area contributed by atoms with E-state index in [1.807, 2.05) is 119 Å². The Labute approximate surface area is 868 Å². The summed E-state index contributed by atoms with van der Waals surface area (Å²) < 4.78 is 35.2. The Morgan fingerprint density at radius 2 is 0.803 bits per heavy atom. The third-order valence-corrected chi connectivity index (χ3v) is 23.4. The number of likely N-dealkylation sites (tertiary alicyclic amines) is 3. The summed E-state index contributed by atoms with van der Waals surface area (Å²) in [6.07, 6.45) is 24.1. The van der Waals surface area contributed by atoms with Crippen LogP contribution in [0.4, 0.5) is 24.0 Å². The number of carbonyl (C=O) groups excluding carboxylic acids is 8. The quantitative estimate of drug-likeness (QED) is 0.0105. The largest absolute Gasteiger partial charge is 1.00 e. The number of nitrogens with one attached hydrogen (secondary N) is 7. The molecule has 9 N–H and O–H groups in total. The van der Waals surface area contributed by atoms with Crippen LogP contribution in [0.5, 0.6) is 0 Å². The van der Waals surface area contributed by atoms with Gasteiger partial charge in [-0.25, -0.2) is 29.0 Å². The second kappa shape index (κ2) is 71.1. The number of hydrogen-bond donors (Lipinski definition) is 8. The molecule has 8 aliphatic rings. The molecule has 0 spiro atoms. The SMILES string of the molecule is C1COCCN1.CC(C)(C)COC(=O)Cl.CC(C)(C)COC(=O)N=C=S.CC(C)(C)COC(=O)N=C=S.CCCN1CCC(C#N)(NC(=O)C(CC2CCCCC2)N=C(NC(=O)OCC(C)(C)C)N2CCOCC2)CC1.CCCN1CCC(C#N)(NC(=O)C(CC2CCCCC2)NC(=S)NC(=O)OCC(C)(C)C)CC1.CCCN1CCC(C#N)(NC(=O)C(N)CC2CCCCC2)CC1.[N-]=C=S.[Na+]. The molecule has 0 aromatic heterocycles. The summed E-state index contributed by atoms with van der Waals surface area (Å²) in [4.78, 5) is 116. The molecule has 8 rings (SSSR count). The van der Waals surface area contributed by atoms with Gasteiger partial charge in [0.2, 0.25) is 23.7 Å². The first-order chi connectivity index (χ1) is 64.0. The van der Waals surface area contributed by atoms with Crippen LogP contribution >= 0.6 is 60.5 Å². The minimum Gasteiger partial charge on any atom is -0.753 e. The third-order valence-electron chi connectivity index (χ3n) is 22.9. The number of nitrogens with two attached hydrogens (primary N) is 1. The maximum Gasteiger partial charge on any atom is 1.00 e. The fourth-order valence-electron chi connectivity index (χ4n) is 15.6. The number of rotatable bonds is 25. The van der Waals surface area contributed by atoms with Gasteiger partial charge < -0.3 is 90.5 Å².